The first-order valence-electron chi connectivity index (χ1n) is 10.2. The number of aliphatic imine (C=N–C) groups is 2. The summed E-state index contributed by atoms with van der Waals surface area (Å²) in [5, 5.41) is 11.0. The van der Waals surface area contributed by atoms with Crippen LogP contribution in [0.15, 0.2) is 57.8 Å². The van der Waals surface area contributed by atoms with Crippen LogP contribution < -0.4 is 11.6 Å². The highest BCUT2D eigenvalue weighted by molar-refractivity contribution is 6.33. The summed E-state index contributed by atoms with van der Waals surface area (Å²) < 4.78 is 52.6. The van der Waals surface area contributed by atoms with Gasteiger partial charge in [0.1, 0.15) is 18.0 Å². The molecule has 6 N–H and O–H groups in total. The number of amidine groups is 1. The van der Waals surface area contributed by atoms with E-state index in [0.29, 0.717) is 23.4 Å². The molecule has 9 nitrogen and oxygen atoms in total. The second-order valence-electron chi connectivity index (χ2n) is 7.17. The maximum atomic E-state index is 13.9. The van der Waals surface area contributed by atoms with Crippen molar-refractivity contribution in [2.45, 2.75) is 25.4 Å². The predicted octanol–water partition coefficient (Wildman–Crippen LogP) is 4.15. The van der Waals surface area contributed by atoms with Crippen molar-refractivity contribution in [3.63, 3.8) is 0 Å². The van der Waals surface area contributed by atoms with Crippen LogP contribution in [-0.2, 0) is 6.18 Å². The topological polar surface area (TPSA) is 155 Å². The van der Waals surface area contributed by atoms with Crippen molar-refractivity contribution in [1.29, 1.82) is 5.41 Å². The lowest BCUT2D eigenvalue weighted by Gasteiger charge is -2.12. The minimum absolute atomic E-state index is 0.0812. The summed E-state index contributed by atoms with van der Waals surface area (Å²) in [5.74, 6) is 3.24. The minimum atomic E-state index is -4.69. The Kier molecular flexibility index (Phi) is 7.69. The Morgan fingerprint density at radius 2 is 1.91 bits per heavy atom. The van der Waals surface area contributed by atoms with Crippen LogP contribution in [0.2, 0.25) is 0 Å². The lowest BCUT2D eigenvalue weighted by Crippen LogP contribution is -2.18. The molecule has 0 spiro atoms. The van der Waals surface area contributed by atoms with Crippen molar-refractivity contribution in [2.24, 2.45) is 26.7 Å². The number of aromatic amines is 1. The first-order valence-corrected chi connectivity index (χ1v) is 10.2. The normalized spacial score (nSPS) is 13.9. The summed E-state index contributed by atoms with van der Waals surface area (Å²) >= 11 is 0. The van der Waals surface area contributed by atoms with E-state index in [2.05, 4.69) is 30.0 Å². The number of benzene rings is 1. The molecule has 0 bridgehead atoms. The van der Waals surface area contributed by atoms with Crippen molar-refractivity contribution < 1.29 is 17.6 Å². The number of para-hydroxylation sites is 1. The summed E-state index contributed by atoms with van der Waals surface area (Å²) in [6.45, 7) is 1.85. The van der Waals surface area contributed by atoms with Crippen LogP contribution in [0.4, 0.5) is 23.2 Å². The Morgan fingerprint density at radius 1 is 1.23 bits per heavy atom. The molecule has 0 saturated carbocycles. The maximum absolute atomic E-state index is 13.9. The van der Waals surface area contributed by atoms with Gasteiger partial charge in [-0.25, -0.2) is 19.4 Å². The fourth-order valence-corrected chi connectivity index (χ4v) is 3.33. The van der Waals surface area contributed by atoms with E-state index in [4.69, 9.17) is 17.0 Å². The highest BCUT2D eigenvalue weighted by Gasteiger charge is 2.34. The van der Waals surface area contributed by atoms with Gasteiger partial charge in [-0.3, -0.25) is 10.4 Å². The molecule has 3 rings (SSSR count). The Hall–Kier alpha value is -4.42. The van der Waals surface area contributed by atoms with Crippen molar-refractivity contribution in [1.82, 2.24) is 15.0 Å². The number of hydrogen-bond donors (Lipinski definition) is 4. The second-order valence-corrected chi connectivity index (χ2v) is 7.17. The van der Waals surface area contributed by atoms with E-state index in [1.807, 2.05) is 6.92 Å². The van der Waals surface area contributed by atoms with Gasteiger partial charge in [0.2, 0.25) is 5.82 Å². The predicted molar refractivity (Wildman–Crippen MR) is 126 cm³/mol. The van der Waals surface area contributed by atoms with Gasteiger partial charge in [-0.2, -0.15) is 18.3 Å². The molecule has 0 aliphatic heterocycles. The van der Waals surface area contributed by atoms with E-state index in [9.17, 15) is 17.6 Å². The molecule has 0 saturated heterocycles. The molecule has 0 fully saturated rings. The van der Waals surface area contributed by atoms with Gasteiger partial charge in [-0.05, 0) is 24.6 Å². The molecule has 0 aliphatic rings. The molecule has 13 heteroatoms. The molecule has 1 atom stereocenters. The number of nitrogens with zero attached hydrogens (tertiary/aromatic N) is 5. The molecule has 0 radical (unpaired) electrons. The average molecular weight is 487 g/mol. The summed E-state index contributed by atoms with van der Waals surface area (Å²) in [7, 11) is 0. The highest BCUT2D eigenvalue weighted by Crippen LogP contribution is 2.31. The molecule has 0 amide bonds. The summed E-state index contributed by atoms with van der Waals surface area (Å²) in [5.41, 5.74) is 7.76. The quantitative estimate of drug-likeness (QED) is 0.124. The fourth-order valence-electron chi connectivity index (χ4n) is 3.33. The molecule has 3 aromatic rings. The van der Waals surface area contributed by atoms with Gasteiger partial charge >= 0.3 is 6.18 Å². The van der Waals surface area contributed by atoms with E-state index in [0.717, 1.165) is 18.7 Å². The Morgan fingerprint density at radius 3 is 2.49 bits per heavy atom. The van der Waals surface area contributed by atoms with E-state index >= 15 is 0 Å². The number of alkyl halides is 3. The van der Waals surface area contributed by atoms with Crippen molar-refractivity contribution in [3.05, 3.63) is 65.8 Å². The Labute approximate surface area is 197 Å². The average Bonchev–Trinajstić information content (AvgIpc) is 3.27. The fraction of sp³-hybridized carbons (Fsp3) is 0.182. The molecule has 0 aliphatic carbocycles. The number of aromatic nitrogens is 3. The molecule has 2 aromatic heterocycles. The standard InChI is InChI=1S/C22H21F4N9/c1-2-13(18(35-29)10-30-16-6-4-3-5-15(16)23)17-7-14(19(34-17)20(28)33-11-27)12-8-31-21(32-9-12)22(24,25)26/h3-11,13,34H,2,29H2,1H3,(H3,27,28,33). The molecular weight excluding hydrogens is 466 g/mol. The summed E-state index contributed by atoms with van der Waals surface area (Å²) in [6, 6.07) is 7.56. The largest absolute Gasteiger partial charge is 0.451 e. The van der Waals surface area contributed by atoms with Gasteiger partial charge in [0.25, 0.3) is 0 Å². The number of hydrazone groups is 1. The smallest absolute Gasteiger partial charge is 0.382 e. The van der Waals surface area contributed by atoms with Crippen molar-refractivity contribution >= 4 is 29.8 Å². The first kappa shape index (κ1) is 25.2. The van der Waals surface area contributed by atoms with Gasteiger partial charge in [0.15, 0.2) is 0 Å². The van der Waals surface area contributed by atoms with Crippen LogP contribution in [0.5, 0.6) is 0 Å². The molecule has 1 aromatic carbocycles. The first-order chi connectivity index (χ1) is 16.7. The molecule has 182 valence electrons. The number of halogens is 4. The third-order valence-corrected chi connectivity index (χ3v) is 4.99. The monoisotopic (exact) mass is 487 g/mol. The third-order valence-electron chi connectivity index (χ3n) is 4.99. The van der Waals surface area contributed by atoms with Gasteiger partial charge in [-0.1, -0.05) is 19.1 Å². The van der Waals surface area contributed by atoms with Crippen LogP contribution >= 0.6 is 0 Å². The maximum Gasteiger partial charge on any atom is 0.451 e. The van der Waals surface area contributed by atoms with Crippen LogP contribution in [0, 0.1) is 11.2 Å². The number of H-pyrrole nitrogens is 1. The van der Waals surface area contributed by atoms with Crippen LogP contribution in [0.3, 0.4) is 0 Å². The summed E-state index contributed by atoms with van der Waals surface area (Å²) in [4.78, 5) is 17.7. The van der Waals surface area contributed by atoms with Crippen molar-refractivity contribution in [3.8, 4) is 11.1 Å². The van der Waals surface area contributed by atoms with Gasteiger partial charge in [0.05, 0.1) is 23.3 Å². The summed E-state index contributed by atoms with van der Waals surface area (Å²) in [6.07, 6.45) is -0.117. The Balaban J connectivity index is 2.05. The number of rotatable bonds is 8. The number of nitrogens with two attached hydrogens (primary N) is 2. The van der Waals surface area contributed by atoms with Crippen LogP contribution in [0.1, 0.15) is 36.5 Å². The zero-order chi connectivity index (χ0) is 25.6. The van der Waals surface area contributed by atoms with Gasteiger partial charge in [-0.15, -0.1) is 0 Å². The molecule has 1 unspecified atom stereocenters. The molecular formula is C22H21F4N9. The van der Waals surface area contributed by atoms with E-state index in [-0.39, 0.29) is 22.8 Å². The zero-order valence-corrected chi connectivity index (χ0v) is 18.4. The number of nitrogens with one attached hydrogen (secondary N) is 2. The van der Waals surface area contributed by atoms with E-state index in [1.54, 1.807) is 12.1 Å². The zero-order valence-electron chi connectivity index (χ0n) is 18.4. The lowest BCUT2D eigenvalue weighted by molar-refractivity contribution is -0.144. The van der Waals surface area contributed by atoms with E-state index < -0.39 is 23.7 Å². The molecule has 2 heterocycles. The SMILES string of the molecule is CCC(C(C=Nc1ccccc1F)=NN)c1cc(-c2cnc(C(F)(F)F)nc2)c(C(N)=NC=N)[nH]1. The van der Waals surface area contributed by atoms with Crippen LogP contribution in [-0.4, -0.2) is 39.1 Å². The highest BCUT2D eigenvalue weighted by atomic mass is 19.4. The minimum Gasteiger partial charge on any atom is -0.382 e. The third kappa shape index (κ3) is 5.75. The molecule has 35 heavy (non-hydrogen) atoms. The van der Waals surface area contributed by atoms with E-state index in [1.165, 1.54) is 24.4 Å². The van der Waals surface area contributed by atoms with Crippen molar-refractivity contribution in [2.75, 3.05) is 0 Å². The van der Waals surface area contributed by atoms with Crippen LogP contribution in [0.25, 0.3) is 11.1 Å². The van der Waals surface area contributed by atoms with Gasteiger partial charge < -0.3 is 16.6 Å². The number of hydrogen-bond acceptors (Lipinski definition) is 6. The second kappa shape index (κ2) is 10.7. The Bertz CT molecular complexity index is 1270. The lowest BCUT2D eigenvalue weighted by atomic mass is 9.96. The van der Waals surface area contributed by atoms with Gasteiger partial charge in [0, 0.05) is 35.1 Å².